The molecule has 0 aliphatic carbocycles. The third-order valence-electron chi connectivity index (χ3n) is 2.62. The molecule has 0 saturated heterocycles. The first-order valence-electron chi connectivity index (χ1n) is 6.11. The van der Waals surface area contributed by atoms with Gasteiger partial charge in [0.2, 0.25) is 0 Å². The first kappa shape index (κ1) is 13.8. The highest BCUT2D eigenvalue weighted by molar-refractivity contribution is 7.99. The maximum atomic E-state index is 11.4. The predicted molar refractivity (Wildman–Crippen MR) is 77.0 cm³/mol. The van der Waals surface area contributed by atoms with Crippen molar-refractivity contribution in [2.24, 2.45) is 5.73 Å². The summed E-state index contributed by atoms with van der Waals surface area (Å²) in [6.07, 6.45) is 0. The third-order valence-corrected chi connectivity index (χ3v) is 3.62. The zero-order valence-corrected chi connectivity index (χ0v) is 11.6. The van der Waals surface area contributed by atoms with Gasteiger partial charge >= 0.3 is 5.97 Å². The number of esters is 1. The summed E-state index contributed by atoms with van der Waals surface area (Å²) in [6.45, 7) is 2.60. The van der Waals surface area contributed by atoms with Crippen LogP contribution in [0.5, 0.6) is 0 Å². The lowest BCUT2D eigenvalue weighted by Gasteiger charge is -2.08. The molecule has 1 heterocycles. The number of carbonyl (C=O) groups is 1. The SMILES string of the molecule is CCOC(=O)CSc1nc2ccccc2cc1CN. The molecule has 1 aromatic heterocycles. The molecule has 0 bridgehead atoms. The van der Waals surface area contributed by atoms with E-state index in [9.17, 15) is 4.79 Å². The van der Waals surface area contributed by atoms with Crippen molar-refractivity contribution >= 4 is 28.6 Å². The quantitative estimate of drug-likeness (QED) is 0.671. The Labute approximate surface area is 116 Å². The Balaban J connectivity index is 2.23. The van der Waals surface area contributed by atoms with E-state index in [0.717, 1.165) is 21.5 Å². The minimum Gasteiger partial charge on any atom is -0.465 e. The molecule has 0 aliphatic heterocycles. The van der Waals surface area contributed by atoms with Gasteiger partial charge in [0.25, 0.3) is 0 Å². The van der Waals surface area contributed by atoms with E-state index in [0.29, 0.717) is 13.2 Å². The smallest absolute Gasteiger partial charge is 0.316 e. The number of hydrogen-bond acceptors (Lipinski definition) is 5. The monoisotopic (exact) mass is 276 g/mol. The average Bonchev–Trinajstić information content (AvgIpc) is 2.44. The largest absolute Gasteiger partial charge is 0.465 e. The lowest BCUT2D eigenvalue weighted by atomic mass is 10.1. The van der Waals surface area contributed by atoms with E-state index in [4.69, 9.17) is 10.5 Å². The molecule has 0 saturated carbocycles. The van der Waals surface area contributed by atoms with Crippen LogP contribution >= 0.6 is 11.8 Å². The van der Waals surface area contributed by atoms with Gasteiger partial charge in [0.1, 0.15) is 5.03 Å². The Bertz CT molecular complexity index is 587. The normalized spacial score (nSPS) is 10.6. The molecular weight excluding hydrogens is 260 g/mol. The summed E-state index contributed by atoms with van der Waals surface area (Å²) in [7, 11) is 0. The summed E-state index contributed by atoms with van der Waals surface area (Å²) in [6, 6.07) is 9.88. The summed E-state index contributed by atoms with van der Waals surface area (Å²) >= 11 is 1.37. The predicted octanol–water partition coefficient (Wildman–Crippen LogP) is 2.35. The zero-order valence-electron chi connectivity index (χ0n) is 10.8. The van der Waals surface area contributed by atoms with Crippen LogP contribution in [0.2, 0.25) is 0 Å². The molecule has 4 nitrogen and oxygen atoms in total. The summed E-state index contributed by atoms with van der Waals surface area (Å²) in [5, 5.41) is 1.86. The van der Waals surface area contributed by atoms with Gasteiger partial charge in [-0.3, -0.25) is 4.79 Å². The summed E-state index contributed by atoms with van der Waals surface area (Å²) < 4.78 is 4.91. The molecule has 0 fully saturated rings. The lowest BCUT2D eigenvalue weighted by molar-refractivity contribution is -0.139. The van der Waals surface area contributed by atoms with Crippen molar-refractivity contribution in [3.8, 4) is 0 Å². The molecule has 0 amide bonds. The first-order valence-corrected chi connectivity index (χ1v) is 7.10. The molecule has 5 heteroatoms. The third kappa shape index (κ3) is 3.45. The van der Waals surface area contributed by atoms with Crippen LogP contribution in [0, 0.1) is 0 Å². The Morgan fingerprint density at radius 3 is 2.95 bits per heavy atom. The van der Waals surface area contributed by atoms with Gasteiger partial charge in [0.15, 0.2) is 0 Å². The van der Waals surface area contributed by atoms with Gasteiger partial charge in [0.05, 0.1) is 17.9 Å². The van der Waals surface area contributed by atoms with E-state index in [-0.39, 0.29) is 11.7 Å². The molecule has 2 N–H and O–H groups in total. The average molecular weight is 276 g/mol. The van der Waals surface area contributed by atoms with E-state index in [1.807, 2.05) is 30.3 Å². The Hall–Kier alpha value is -1.59. The fourth-order valence-electron chi connectivity index (χ4n) is 1.74. The fourth-order valence-corrected chi connectivity index (χ4v) is 2.57. The number of nitrogens with zero attached hydrogens (tertiary/aromatic N) is 1. The topological polar surface area (TPSA) is 65.2 Å². The minimum atomic E-state index is -0.231. The Morgan fingerprint density at radius 1 is 1.42 bits per heavy atom. The van der Waals surface area contributed by atoms with Crippen LogP contribution in [-0.4, -0.2) is 23.3 Å². The molecule has 2 aromatic rings. The van der Waals surface area contributed by atoms with Crippen molar-refractivity contribution in [3.05, 3.63) is 35.9 Å². The van der Waals surface area contributed by atoms with Crippen molar-refractivity contribution in [3.63, 3.8) is 0 Å². The number of para-hydroxylation sites is 1. The Kier molecular flexibility index (Phi) is 4.76. The maximum absolute atomic E-state index is 11.4. The number of benzene rings is 1. The van der Waals surface area contributed by atoms with Gasteiger partial charge in [-0.2, -0.15) is 0 Å². The summed E-state index contributed by atoms with van der Waals surface area (Å²) in [5.74, 6) is 0.0250. The fraction of sp³-hybridized carbons (Fsp3) is 0.286. The van der Waals surface area contributed by atoms with Crippen molar-refractivity contribution in [1.82, 2.24) is 4.98 Å². The second-order valence-corrected chi connectivity index (χ2v) is 4.91. The summed E-state index contributed by atoms with van der Waals surface area (Å²) in [4.78, 5) is 15.9. The lowest BCUT2D eigenvalue weighted by Crippen LogP contribution is -2.08. The molecule has 1 aromatic carbocycles. The highest BCUT2D eigenvalue weighted by Gasteiger charge is 2.09. The van der Waals surface area contributed by atoms with Crippen LogP contribution in [0.15, 0.2) is 35.4 Å². The van der Waals surface area contributed by atoms with Gasteiger partial charge in [0, 0.05) is 11.9 Å². The van der Waals surface area contributed by atoms with Gasteiger partial charge in [-0.1, -0.05) is 30.0 Å². The minimum absolute atomic E-state index is 0.231. The first-order chi connectivity index (χ1) is 9.24. The van der Waals surface area contributed by atoms with Crippen molar-refractivity contribution in [1.29, 1.82) is 0 Å². The van der Waals surface area contributed by atoms with Crippen LogP contribution in [0.3, 0.4) is 0 Å². The van der Waals surface area contributed by atoms with E-state index in [1.54, 1.807) is 6.92 Å². The molecule has 0 aliphatic rings. The standard InChI is InChI=1S/C14H16N2O2S/c1-2-18-13(17)9-19-14-11(8-15)7-10-5-3-4-6-12(10)16-14/h3-7H,2,8-9,15H2,1H3. The molecule has 0 atom stereocenters. The molecule has 0 unspecified atom stereocenters. The van der Waals surface area contributed by atoms with Crippen molar-refractivity contribution in [2.75, 3.05) is 12.4 Å². The van der Waals surface area contributed by atoms with Crippen LogP contribution in [0.1, 0.15) is 12.5 Å². The number of aromatic nitrogens is 1. The van der Waals surface area contributed by atoms with E-state index in [1.165, 1.54) is 11.8 Å². The second-order valence-electron chi connectivity index (χ2n) is 3.94. The number of nitrogens with two attached hydrogens (primary N) is 1. The second kappa shape index (κ2) is 6.54. The highest BCUT2D eigenvalue weighted by Crippen LogP contribution is 2.24. The maximum Gasteiger partial charge on any atom is 0.316 e. The molecular formula is C14H16N2O2S. The summed E-state index contributed by atoms with van der Waals surface area (Å²) in [5.41, 5.74) is 7.60. The highest BCUT2D eigenvalue weighted by atomic mass is 32.2. The number of thioether (sulfide) groups is 1. The number of ether oxygens (including phenoxy) is 1. The molecule has 19 heavy (non-hydrogen) atoms. The van der Waals surface area contributed by atoms with Crippen LogP contribution in [0.4, 0.5) is 0 Å². The van der Waals surface area contributed by atoms with Crippen LogP contribution < -0.4 is 5.73 Å². The van der Waals surface area contributed by atoms with E-state index >= 15 is 0 Å². The number of fused-ring (bicyclic) bond motifs is 1. The Morgan fingerprint density at radius 2 is 2.21 bits per heavy atom. The number of rotatable bonds is 5. The van der Waals surface area contributed by atoms with E-state index in [2.05, 4.69) is 4.98 Å². The van der Waals surface area contributed by atoms with Crippen molar-refractivity contribution < 1.29 is 9.53 Å². The van der Waals surface area contributed by atoms with Gasteiger partial charge in [-0.15, -0.1) is 0 Å². The molecule has 0 spiro atoms. The van der Waals surface area contributed by atoms with E-state index < -0.39 is 0 Å². The van der Waals surface area contributed by atoms with Gasteiger partial charge in [-0.05, 0) is 24.6 Å². The molecule has 2 rings (SSSR count). The molecule has 100 valence electrons. The van der Waals surface area contributed by atoms with Crippen LogP contribution in [0.25, 0.3) is 10.9 Å². The van der Waals surface area contributed by atoms with Crippen LogP contribution in [-0.2, 0) is 16.1 Å². The molecule has 0 radical (unpaired) electrons. The van der Waals surface area contributed by atoms with Gasteiger partial charge in [-0.25, -0.2) is 4.98 Å². The number of hydrogen-bond donors (Lipinski definition) is 1. The zero-order chi connectivity index (χ0) is 13.7. The number of carbonyl (C=O) groups excluding carboxylic acids is 1. The van der Waals surface area contributed by atoms with Crippen molar-refractivity contribution in [2.45, 2.75) is 18.5 Å². The van der Waals surface area contributed by atoms with Gasteiger partial charge < -0.3 is 10.5 Å². The number of pyridine rings is 1.